The van der Waals surface area contributed by atoms with Crippen molar-refractivity contribution in [2.75, 3.05) is 0 Å². The Morgan fingerprint density at radius 3 is 2.81 bits per heavy atom. The lowest BCUT2D eigenvalue weighted by molar-refractivity contribution is 0.515. The van der Waals surface area contributed by atoms with Crippen LogP contribution in [0.2, 0.25) is 0 Å². The van der Waals surface area contributed by atoms with E-state index >= 15 is 0 Å². The second-order valence-corrected chi connectivity index (χ2v) is 5.28. The van der Waals surface area contributed by atoms with Gasteiger partial charge in [-0.1, -0.05) is 31.0 Å². The zero-order valence-electron chi connectivity index (χ0n) is 9.15. The van der Waals surface area contributed by atoms with Gasteiger partial charge < -0.3 is 5.73 Å². The Kier molecular flexibility index (Phi) is 3.77. The van der Waals surface area contributed by atoms with E-state index in [1.807, 2.05) is 0 Å². The first kappa shape index (κ1) is 11.4. The van der Waals surface area contributed by atoms with Gasteiger partial charge in [-0.25, -0.2) is 9.97 Å². The van der Waals surface area contributed by atoms with Crippen LogP contribution >= 0.6 is 11.8 Å². The van der Waals surface area contributed by atoms with Crippen molar-refractivity contribution in [3.05, 3.63) is 18.0 Å². The molecule has 3 N–H and O–H groups in total. The Labute approximate surface area is 99.6 Å². The summed E-state index contributed by atoms with van der Waals surface area (Å²) in [7, 11) is 0. The topological polar surface area (TPSA) is 75.7 Å². The number of aromatic nitrogens is 2. The van der Waals surface area contributed by atoms with Gasteiger partial charge in [-0.15, -0.1) is 0 Å². The molecule has 5 heteroatoms. The zero-order valence-corrected chi connectivity index (χ0v) is 9.96. The average molecular weight is 236 g/mol. The van der Waals surface area contributed by atoms with Crippen molar-refractivity contribution in [1.29, 1.82) is 5.41 Å². The minimum absolute atomic E-state index is 0.00731. The molecule has 0 atom stereocenters. The second-order valence-electron chi connectivity index (χ2n) is 4.02. The number of nitrogens with one attached hydrogen (secondary N) is 1. The molecule has 0 bridgehead atoms. The third kappa shape index (κ3) is 2.95. The largest absolute Gasteiger partial charge is 0.382 e. The van der Waals surface area contributed by atoms with Gasteiger partial charge in [0.15, 0.2) is 5.16 Å². The predicted octanol–water partition coefficient (Wildman–Crippen LogP) is 2.19. The van der Waals surface area contributed by atoms with Gasteiger partial charge in [-0.05, 0) is 18.9 Å². The highest BCUT2D eigenvalue weighted by Gasteiger charge is 2.16. The number of rotatable bonds is 3. The molecule has 0 saturated heterocycles. The number of nitrogens with two attached hydrogens (primary N) is 1. The summed E-state index contributed by atoms with van der Waals surface area (Å²) in [6.45, 7) is 0. The quantitative estimate of drug-likeness (QED) is 0.479. The zero-order chi connectivity index (χ0) is 11.4. The Morgan fingerprint density at radius 1 is 1.38 bits per heavy atom. The van der Waals surface area contributed by atoms with Gasteiger partial charge in [0.2, 0.25) is 0 Å². The molecule has 1 aliphatic rings. The molecule has 0 radical (unpaired) electrons. The third-order valence-electron chi connectivity index (χ3n) is 2.73. The fourth-order valence-electron chi connectivity index (χ4n) is 1.88. The number of nitrogen functional groups attached to an aromatic ring is 1. The van der Waals surface area contributed by atoms with Crippen LogP contribution in [-0.4, -0.2) is 21.1 Å². The van der Waals surface area contributed by atoms with E-state index < -0.39 is 0 Å². The molecular formula is C11H16N4S. The van der Waals surface area contributed by atoms with Crippen molar-refractivity contribution in [3.63, 3.8) is 0 Å². The van der Waals surface area contributed by atoms with Crippen LogP contribution in [0.4, 0.5) is 0 Å². The van der Waals surface area contributed by atoms with Crippen LogP contribution < -0.4 is 5.73 Å². The van der Waals surface area contributed by atoms with Crippen molar-refractivity contribution in [2.24, 2.45) is 5.73 Å². The summed E-state index contributed by atoms with van der Waals surface area (Å²) >= 11 is 1.72. The van der Waals surface area contributed by atoms with Gasteiger partial charge in [-0.3, -0.25) is 5.41 Å². The maximum absolute atomic E-state index is 7.33. The fourth-order valence-corrected chi connectivity index (χ4v) is 3.02. The lowest BCUT2D eigenvalue weighted by Gasteiger charge is -2.19. The normalized spacial score (nSPS) is 17.2. The molecule has 16 heavy (non-hydrogen) atoms. The van der Waals surface area contributed by atoms with E-state index in [1.54, 1.807) is 24.0 Å². The summed E-state index contributed by atoms with van der Waals surface area (Å²) in [5.74, 6) is 0.00731. The molecule has 0 aromatic carbocycles. The number of hydrogen-bond donors (Lipinski definition) is 2. The molecule has 1 saturated carbocycles. The maximum Gasteiger partial charge on any atom is 0.188 e. The summed E-state index contributed by atoms with van der Waals surface area (Å²) in [5, 5.41) is 8.71. The van der Waals surface area contributed by atoms with Gasteiger partial charge in [0.05, 0.1) is 0 Å². The molecule has 86 valence electrons. The number of amidine groups is 1. The van der Waals surface area contributed by atoms with Crippen LogP contribution in [0, 0.1) is 5.41 Å². The van der Waals surface area contributed by atoms with Crippen LogP contribution in [0.15, 0.2) is 17.4 Å². The summed E-state index contributed by atoms with van der Waals surface area (Å²) in [6, 6.07) is 1.67. The fraction of sp³-hybridized carbons (Fsp3) is 0.545. The Bertz CT molecular complexity index is 374. The molecule has 1 aromatic heterocycles. The van der Waals surface area contributed by atoms with Gasteiger partial charge in [0, 0.05) is 11.4 Å². The van der Waals surface area contributed by atoms with Crippen LogP contribution in [-0.2, 0) is 0 Å². The summed E-state index contributed by atoms with van der Waals surface area (Å²) in [4.78, 5) is 8.48. The predicted molar refractivity (Wildman–Crippen MR) is 65.8 cm³/mol. The molecule has 1 heterocycles. The highest BCUT2D eigenvalue weighted by Crippen LogP contribution is 2.31. The van der Waals surface area contributed by atoms with Gasteiger partial charge in [-0.2, -0.15) is 0 Å². The number of nitrogens with zero attached hydrogens (tertiary/aromatic N) is 2. The molecule has 0 amide bonds. The number of hydrogen-bond acceptors (Lipinski definition) is 4. The molecular weight excluding hydrogens is 220 g/mol. The molecule has 0 unspecified atom stereocenters. The van der Waals surface area contributed by atoms with Crippen molar-refractivity contribution in [2.45, 2.75) is 42.5 Å². The van der Waals surface area contributed by atoms with Crippen molar-refractivity contribution in [1.82, 2.24) is 9.97 Å². The van der Waals surface area contributed by atoms with E-state index in [2.05, 4.69) is 9.97 Å². The lowest BCUT2D eigenvalue weighted by Crippen LogP contribution is -2.14. The first-order valence-electron chi connectivity index (χ1n) is 5.60. The molecule has 1 aliphatic carbocycles. The highest BCUT2D eigenvalue weighted by molar-refractivity contribution is 7.99. The van der Waals surface area contributed by atoms with Crippen LogP contribution in [0.5, 0.6) is 0 Å². The van der Waals surface area contributed by atoms with Gasteiger partial charge in [0.25, 0.3) is 0 Å². The van der Waals surface area contributed by atoms with Gasteiger partial charge >= 0.3 is 0 Å². The van der Waals surface area contributed by atoms with E-state index in [0.717, 1.165) is 5.16 Å². The summed E-state index contributed by atoms with van der Waals surface area (Å²) < 4.78 is 0. The molecule has 4 nitrogen and oxygen atoms in total. The van der Waals surface area contributed by atoms with Gasteiger partial charge in [0.1, 0.15) is 11.5 Å². The Hall–Kier alpha value is -1.10. The molecule has 0 spiro atoms. The van der Waals surface area contributed by atoms with Crippen LogP contribution in [0.25, 0.3) is 0 Å². The molecule has 1 fully saturated rings. The minimum atomic E-state index is 0.00731. The monoisotopic (exact) mass is 236 g/mol. The molecule has 0 aliphatic heterocycles. The summed E-state index contributed by atoms with van der Waals surface area (Å²) in [6.07, 6.45) is 8.14. The average Bonchev–Trinajstić information content (AvgIpc) is 2.30. The standard InChI is InChI=1S/C11H16N4S/c12-10(13)9-6-7-14-11(15-9)16-8-4-2-1-3-5-8/h6-8H,1-5H2,(H3,12,13). The molecule has 2 rings (SSSR count). The first-order chi connectivity index (χ1) is 7.75. The van der Waals surface area contributed by atoms with E-state index in [9.17, 15) is 0 Å². The second kappa shape index (κ2) is 5.30. The summed E-state index contributed by atoms with van der Waals surface area (Å²) in [5.41, 5.74) is 5.92. The van der Waals surface area contributed by atoms with Crippen molar-refractivity contribution >= 4 is 17.6 Å². The van der Waals surface area contributed by atoms with Crippen LogP contribution in [0.1, 0.15) is 37.8 Å². The number of thioether (sulfide) groups is 1. The minimum Gasteiger partial charge on any atom is -0.382 e. The first-order valence-corrected chi connectivity index (χ1v) is 6.48. The Balaban J connectivity index is 2.02. The lowest BCUT2D eigenvalue weighted by atomic mass is 10.0. The highest BCUT2D eigenvalue weighted by atomic mass is 32.2. The smallest absolute Gasteiger partial charge is 0.188 e. The van der Waals surface area contributed by atoms with Crippen molar-refractivity contribution < 1.29 is 0 Å². The van der Waals surface area contributed by atoms with Crippen LogP contribution in [0.3, 0.4) is 0 Å². The van der Waals surface area contributed by atoms with E-state index in [-0.39, 0.29) is 5.84 Å². The maximum atomic E-state index is 7.33. The van der Waals surface area contributed by atoms with E-state index in [4.69, 9.17) is 11.1 Å². The van der Waals surface area contributed by atoms with Crippen molar-refractivity contribution in [3.8, 4) is 0 Å². The molecule has 1 aromatic rings. The van der Waals surface area contributed by atoms with E-state index in [1.165, 1.54) is 32.1 Å². The Morgan fingerprint density at radius 2 is 2.12 bits per heavy atom. The van der Waals surface area contributed by atoms with E-state index in [0.29, 0.717) is 10.9 Å². The SMILES string of the molecule is N=C(N)c1ccnc(SC2CCCCC2)n1. The third-order valence-corrected chi connectivity index (χ3v) is 3.95.